The third kappa shape index (κ3) is 3.52. The van der Waals surface area contributed by atoms with Crippen LogP contribution in [0.3, 0.4) is 0 Å². The summed E-state index contributed by atoms with van der Waals surface area (Å²) in [5, 5.41) is 1.59. The molecule has 0 radical (unpaired) electrons. The second-order valence-corrected chi connectivity index (χ2v) is 9.25. The molecule has 3 atom stereocenters. The van der Waals surface area contributed by atoms with Gasteiger partial charge in [-0.15, -0.1) is 11.3 Å². The molecule has 1 fully saturated rings. The van der Waals surface area contributed by atoms with Crippen LogP contribution in [-0.2, 0) is 9.84 Å². The number of rotatable bonds is 4. The number of thioether (sulfide) groups is 1. The number of sulfone groups is 1. The predicted molar refractivity (Wildman–Crippen MR) is 83.4 cm³/mol. The maximum atomic E-state index is 12.0. The van der Waals surface area contributed by atoms with Crippen LogP contribution in [0.15, 0.2) is 17.5 Å². The highest BCUT2D eigenvalue weighted by molar-refractivity contribution is 8.00. The van der Waals surface area contributed by atoms with Crippen LogP contribution in [0.1, 0.15) is 17.8 Å². The Morgan fingerprint density at radius 2 is 2.26 bits per heavy atom. The fraction of sp³-hybridized carbons (Fsp3) is 0.667. The van der Waals surface area contributed by atoms with E-state index in [0.29, 0.717) is 5.75 Å². The summed E-state index contributed by atoms with van der Waals surface area (Å²) < 4.78 is 24.0. The molecule has 2 N–H and O–H groups in total. The minimum Gasteiger partial charge on any atom is -0.326 e. The van der Waals surface area contributed by atoms with E-state index in [9.17, 15) is 8.42 Å². The fourth-order valence-electron chi connectivity index (χ4n) is 2.47. The molecule has 7 heteroatoms. The first-order chi connectivity index (χ1) is 8.91. The zero-order valence-electron chi connectivity index (χ0n) is 11.2. The van der Waals surface area contributed by atoms with E-state index in [2.05, 4.69) is 4.90 Å². The van der Waals surface area contributed by atoms with E-state index >= 15 is 0 Å². The van der Waals surface area contributed by atoms with Gasteiger partial charge in [-0.3, -0.25) is 4.90 Å². The van der Waals surface area contributed by atoms with E-state index in [0.717, 1.165) is 17.2 Å². The minimum absolute atomic E-state index is 0.0133. The maximum absolute atomic E-state index is 12.0. The second-order valence-electron chi connectivity index (χ2n) is 4.92. The van der Waals surface area contributed by atoms with Crippen molar-refractivity contribution in [2.24, 2.45) is 5.73 Å². The van der Waals surface area contributed by atoms with Gasteiger partial charge in [-0.2, -0.15) is 11.8 Å². The van der Waals surface area contributed by atoms with Crippen LogP contribution in [0.4, 0.5) is 0 Å². The van der Waals surface area contributed by atoms with Gasteiger partial charge in [-0.1, -0.05) is 6.07 Å². The Morgan fingerprint density at radius 3 is 2.79 bits per heavy atom. The van der Waals surface area contributed by atoms with Crippen LogP contribution in [-0.4, -0.2) is 49.0 Å². The van der Waals surface area contributed by atoms with Crippen molar-refractivity contribution >= 4 is 32.9 Å². The smallest absolute Gasteiger partial charge is 0.164 e. The van der Waals surface area contributed by atoms with E-state index in [1.165, 1.54) is 6.26 Å². The van der Waals surface area contributed by atoms with Crippen molar-refractivity contribution in [3.8, 4) is 0 Å². The van der Waals surface area contributed by atoms with Gasteiger partial charge >= 0.3 is 0 Å². The molecule has 19 heavy (non-hydrogen) atoms. The molecular formula is C12H20N2O2S3. The number of thiophene rings is 1. The molecule has 0 amide bonds. The lowest BCUT2D eigenvalue weighted by atomic mass is 10.1. The Labute approximate surface area is 123 Å². The summed E-state index contributed by atoms with van der Waals surface area (Å²) in [6.45, 7) is 2.72. The van der Waals surface area contributed by atoms with Gasteiger partial charge in [-0.25, -0.2) is 8.42 Å². The summed E-state index contributed by atoms with van der Waals surface area (Å²) in [5.41, 5.74) is 6.13. The molecule has 1 aliphatic rings. The lowest BCUT2D eigenvalue weighted by molar-refractivity contribution is 0.175. The van der Waals surface area contributed by atoms with Gasteiger partial charge in [0.2, 0.25) is 0 Å². The fourth-order valence-corrected chi connectivity index (χ4v) is 6.33. The summed E-state index contributed by atoms with van der Waals surface area (Å²) in [7, 11) is -3.09. The van der Waals surface area contributed by atoms with Crippen LogP contribution in [0, 0.1) is 0 Å². The van der Waals surface area contributed by atoms with Crippen LogP contribution in [0.25, 0.3) is 0 Å². The molecule has 2 heterocycles. The Bertz CT molecular complexity index is 499. The molecule has 0 aliphatic carbocycles. The Hall–Kier alpha value is -0.0800. The van der Waals surface area contributed by atoms with Crippen LogP contribution in [0.2, 0.25) is 0 Å². The summed E-state index contributed by atoms with van der Waals surface area (Å²) >= 11 is 3.34. The highest BCUT2D eigenvalue weighted by Crippen LogP contribution is 2.33. The molecule has 108 valence electrons. The largest absolute Gasteiger partial charge is 0.326 e. The van der Waals surface area contributed by atoms with Crippen molar-refractivity contribution in [3.63, 3.8) is 0 Å². The first-order valence-corrected chi connectivity index (χ1v) is 10.2. The van der Waals surface area contributed by atoms with Gasteiger partial charge in [0.1, 0.15) is 5.37 Å². The normalized spacial score (nSPS) is 25.1. The van der Waals surface area contributed by atoms with Crippen LogP contribution in [0.5, 0.6) is 0 Å². The molecule has 1 aromatic rings. The average molecular weight is 321 g/mol. The van der Waals surface area contributed by atoms with Crippen molar-refractivity contribution < 1.29 is 8.42 Å². The van der Waals surface area contributed by atoms with Crippen LogP contribution < -0.4 is 5.73 Å². The molecule has 4 nitrogen and oxygen atoms in total. The second kappa shape index (κ2) is 6.13. The molecule has 0 saturated carbocycles. The predicted octanol–water partition coefficient (Wildman–Crippen LogP) is 1.56. The Kier molecular flexibility index (Phi) is 4.94. The summed E-state index contributed by atoms with van der Waals surface area (Å²) in [5.74, 6) is 1.59. The summed E-state index contributed by atoms with van der Waals surface area (Å²) in [6.07, 6.45) is 1.32. The summed E-state index contributed by atoms with van der Waals surface area (Å²) in [6, 6.07) is 3.93. The molecule has 0 spiro atoms. The van der Waals surface area contributed by atoms with Gasteiger partial charge in [0.15, 0.2) is 9.84 Å². The molecule has 1 aliphatic heterocycles. The van der Waals surface area contributed by atoms with E-state index in [1.807, 2.05) is 24.4 Å². The summed E-state index contributed by atoms with van der Waals surface area (Å²) in [4.78, 5) is 3.22. The zero-order valence-corrected chi connectivity index (χ0v) is 13.6. The first-order valence-electron chi connectivity index (χ1n) is 6.22. The van der Waals surface area contributed by atoms with E-state index < -0.39 is 15.2 Å². The van der Waals surface area contributed by atoms with Crippen molar-refractivity contribution in [1.82, 2.24) is 4.90 Å². The molecule has 0 bridgehead atoms. The lowest BCUT2D eigenvalue weighted by Crippen LogP contribution is -2.52. The minimum atomic E-state index is -3.09. The first kappa shape index (κ1) is 15.3. The number of nitrogens with two attached hydrogens (primary N) is 1. The van der Waals surface area contributed by atoms with Gasteiger partial charge < -0.3 is 5.73 Å². The highest BCUT2D eigenvalue weighted by atomic mass is 32.2. The highest BCUT2D eigenvalue weighted by Gasteiger charge is 2.37. The van der Waals surface area contributed by atoms with Crippen molar-refractivity contribution in [2.75, 3.05) is 24.3 Å². The monoisotopic (exact) mass is 320 g/mol. The quantitative estimate of drug-likeness (QED) is 0.912. The Balaban J connectivity index is 2.34. The third-order valence-corrected chi connectivity index (χ3v) is 6.91. The van der Waals surface area contributed by atoms with Gasteiger partial charge in [0.05, 0.1) is 6.04 Å². The average Bonchev–Trinajstić information content (AvgIpc) is 2.81. The third-order valence-electron chi connectivity index (χ3n) is 3.31. The van der Waals surface area contributed by atoms with Crippen molar-refractivity contribution in [2.45, 2.75) is 24.4 Å². The Morgan fingerprint density at radius 1 is 1.53 bits per heavy atom. The number of hydrogen-bond acceptors (Lipinski definition) is 6. The van der Waals surface area contributed by atoms with Crippen molar-refractivity contribution in [3.05, 3.63) is 22.4 Å². The molecule has 1 aromatic heterocycles. The number of nitrogens with zero attached hydrogens (tertiary/aromatic N) is 1. The molecule has 0 aromatic carbocycles. The topological polar surface area (TPSA) is 63.4 Å². The molecule has 3 unspecified atom stereocenters. The SMILES string of the molecule is CC(N)C(c1cccs1)N1CCSCC1S(C)(=O)=O. The van der Waals surface area contributed by atoms with Crippen molar-refractivity contribution in [1.29, 1.82) is 0 Å². The van der Waals surface area contributed by atoms with E-state index in [-0.39, 0.29) is 12.1 Å². The standard InChI is InChI=1S/C12H20N2O2S3/c1-9(13)12(10-4-3-6-18-10)14-5-7-17-8-11(14)19(2,15)16/h3-4,6,9,11-12H,5,7-8,13H2,1-2H3. The van der Waals surface area contributed by atoms with Gasteiger partial charge in [0.25, 0.3) is 0 Å². The molecular weight excluding hydrogens is 300 g/mol. The van der Waals surface area contributed by atoms with Gasteiger partial charge in [0, 0.05) is 35.2 Å². The lowest BCUT2D eigenvalue weighted by Gasteiger charge is -2.41. The van der Waals surface area contributed by atoms with Gasteiger partial charge in [-0.05, 0) is 18.4 Å². The number of hydrogen-bond donors (Lipinski definition) is 1. The maximum Gasteiger partial charge on any atom is 0.164 e. The van der Waals surface area contributed by atoms with Crippen LogP contribution >= 0.6 is 23.1 Å². The van der Waals surface area contributed by atoms with E-state index in [1.54, 1.807) is 23.1 Å². The zero-order chi connectivity index (χ0) is 14.0. The molecule has 1 saturated heterocycles. The molecule has 2 rings (SSSR count). The van der Waals surface area contributed by atoms with E-state index in [4.69, 9.17) is 5.73 Å².